The predicted octanol–water partition coefficient (Wildman–Crippen LogP) is 3.72. The number of nitrogens with one attached hydrogen (secondary N) is 1. The number of ether oxygens (including phenoxy) is 1. The number of rotatable bonds is 6. The Hall–Kier alpha value is -0.700. The maximum atomic E-state index is 6.13. The van der Waals surface area contributed by atoms with Gasteiger partial charge in [0, 0.05) is 23.7 Å². The van der Waals surface area contributed by atoms with Crippen LogP contribution in [-0.4, -0.2) is 12.6 Å². The van der Waals surface area contributed by atoms with E-state index in [0.29, 0.717) is 17.7 Å². The Morgan fingerprint density at radius 2 is 2.24 bits per heavy atom. The van der Waals surface area contributed by atoms with Crippen molar-refractivity contribution in [3.63, 3.8) is 0 Å². The predicted molar refractivity (Wildman–Crippen MR) is 71.8 cm³/mol. The first-order chi connectivity index (χ1) is 8.31. The number of hydrogen-bond acceptors (Lipinski definition) is 2. The van der Waals surface area contributed by atoms with Crippen LogP contribution in [-0.2, 0) is 6.54 Å². The molecule has 17 heavy (non-hydrogen) atoms. The average Bonchev–Trinajstić information content (AvgIpc) is 3.13. The van der Waals surface area contributed by atoms with Gasteiger partial charge in [0.05, 0.1) is 5.02 Å². The quantitative estimate of drug-likeness (QED) is 0.852. The van der Waals surface area contributed by atoms with E-state index in [4.69, 9.17) is 27.9 Å². The summed E-state index contributed by atoms with van der Waals surface area (Å²) in [5, 5.41) is 4.09. The molecule has 0 radical (unpaired) electrons. The molecule has 0 unspecified atom stereocenters. The lowest BCUT2D eigenvalue weighted by molar-refractivity contribution is 0.358. The summed E-state index contributed by atoms with van der Waals surface area (Å²) in [6.07, 6.45) is 4.28. The molecule has 1 aromatic rings. The second kappa shape index (κ2) is 6.29. The molecule has 92 valence electrons. The van der Waals surface area contributed by atoms with Crippen LogP contribution in [0.3, 0.4) is 0 Å². The van der Waals surface area contributed by atoms with Crippen molar-refractivity contribution in [2.24, 2.45) is 0 Å². The minimum atomic E-state index is 0.434. The normalized spacial score (nSPS) is 15.4. The molecule has 0 saturated heterocycles. The van der Waals surface area contributed by atoms with Crippen molar-refractivity contribution in [2.45, 2.75) is 25.4 Å². The van der Waals surface area contributed by atoms with Crippen LogP contribution in [0.15, 0.2) is 29.8 Å². The third-order valence-electron chi connectivity index (χ3n) is 2.62. The van der Waals surface area contributed by atoms with Crippen LogP contribution in [0, 0.1) is 0 Å². The van der Waals surface area contributed by atoms with Crippen molar-refractivity contribution in [1.82, 2.24) is 5.32 Å². The Morgan fingerprint density at radius 3 is 2.94 bits per heavy atom. The Kier molecular flexibility index (Phi) is 4.72. The lowest BCUT2D eigenvalue weighted by Crippen LogP contribution is -2.16. The van der Waals surface area contributed by atoms with E-state index in [1.165, 1.54) is 18.4 Å². The maximum absolute atomic E-state index is 6.13. The highest BCUT2D eigenvalue weighted by Crippen LogP contribution is 2.29. The standard InChI is InChI=1S/C13H15Cl2NO/c14-7-2-8-17-13-10(3-1-4-12(13)15)9-16-11-5-6-11/h1-4,7,11,16H,5-6,8-9H2/b7-2+. The molecule has 0 bridgehead atoms. The van der Waals surface area contributed by atoms with E-state index in [1.54, 1.807) is 6.08 Å². The third kappa shape index (κ3) is 3.91. The first-order valence-corrected chi connectivity index (χ1v) is 6.51. The molecule has 2 rings (SSSR count). The van der Waals surface area contributed by atoms with E-state index in [2.05, 4.69) is 5.32 Å². The summed E-state index contributed by atoms with van der Waals surface area (Å²) in [5.41, 5.74) is 2.53. The van der Waals surface area contributed by atoms with Crippen LogP contribution >= 0.6 is 23.2 Å². The molecule has 0 heterocycles. The molecule has 1 aromatic carbocycles. The second-order valence-electron chi connectivity index (χ2n) is 4.06. The summed E-state index contributed by atoms with van der Waals surface area (Å²) in [5.74, 6) is 0.747. The van der Waals surface area contributed by atoms with Gasteiger partial charge in [-0.2, -0.15) is 0 Å². The van der Waals surface area contributed by atoms with Crippen molar-refractivity contribution in [2.75, 3.05) is 6.61 Å². The van der Waals surface area contributed by atoms with Crippen LogP contribution in [0.1, 0.15) is 18.4 Å². The molecule has 4 heteroatoms. The molecule has 1 aliphatic carbocycles. The van der Waals surface area contributed by atoms with E-state index in [9.17, 15) is 0 Å². The minimum absolute atomic E-state index is 0.434. The van der Waals surface area contributed by atoms with Gasteiger partial charge in [-0.25, -0.2) is 0 Å². The van der Waals surface area contributed by atoms with Gasteiger partial charge in [-0.05, 0) is 25.0 Å². The van der Waals surface area contributed by atoms with Gasteiger partial charge in [-0.3, -0.25) is 0 Å². The SMILES string of the molecule is Cl/C=C/COc1c(Cl)cccc1CNC1CC1. The van der Waals surface area contributed by atoms with Crippen molar-refractivity contribution >= 4 is 23.2 Å². The third-order valence-corrected chi connectivity index (χ3v) is 3.10. The second-order valence-corrected chi connectivity index (χ2v) is 4.72. The van der Waals surface area contributed by atoms with Crippen molar-refractivity contribution in [3.05, 3.63) is 40.4 Å². The number of para-hydroxylation sites is 1. The summed E-state index contributed by atoms with van der Waals surface area (Å²) in [4.78, 5) is 0. The first-order valence-electron chi connectivity index (χ1n) is 5.70. The maximum Gasteiger partial charge on any atom is 0.142 e. The number of halogens is 2. The van der Waals surface area contributed by atoms with E-state index >= 15 is 0 Å². The highest BCUT2D eigenvalue weighted by atomic mass is 35.5. The molecule has 0 atom stereocenters. The van der Waals surface area contributed by atoms with E-state index in [1.807, 2.05) is 18.2 Å². The monoisotopic (exact) mass is 271 g/mol. The van der Waals surface area contributed by atoms with Gasteiger partial charge in [0.2, 0.25) is 0 Å². The van der Waals surface area contributed by atoms with Crippen molar-refractivity contribution < 1.29 is 4.74 Å². The van der Waals surface area contributed by atoms with Crippen LogP contribution in [0.4, 0.5) is 0 Å². The van der Waals surface area contributed by atoms with E-state index < -0.39 is 0 Å². The van der Waals surface area contributed by atoms with Crippen LogP contribution in [0.2, 0.25) is 5.02 Å². The van der Waals surface area contributed by atoms with Gasteiger partial charge in [-0.15, -0.1) is 0 Å². The van der Waals surface area contributed by atoms with Crippen LogP contribution < -0.4 is 10.1 Å². The Morgan fingerprint density at radius 1 is 1.41 bits per heavy atom. The summed E-state index contributed by atoms with van der Waals surface area (Å²) in [6, 6.07) is 6.48. The van der Waals surface area contributed by atoms with E-state index in [-0.39, 0.29) is 0 Å². The van der Waals surface area contributed by atoms with Crippen LogP contribution in [0.5, 0.6) is 5.75 Å². The molecule has 2 nitrogen and oxygen atoms in total. The highest BCUT2D eigenvalue weighted by Gasteiger charge is 2.20. The molecular weight excluding hydrogens is 257 g/mol. The van der Waals surface area contributed by atoms with Crippen molar-refractivity contribution in [1.29, 1.82) is 0 Å². The minimum Gasteiger partial charge on any atom is -0.488 e. The molecule has 1 N–H and O–H groups in total. The summed E-state index contributed by atoms with van der Waals surface area (Å²) < 4.78 is 5.62. The van der Waals surface area contributed by atoms with Gasteiger partial charge >= 0.3 is 0 Å². The molecule has 1 aliphatic rings. The number of hydrogen-bond donors (Lipinski definition) is 1. The van der Waals surface area contributed by atoms with Gasteiger partial charge in [0.15, 0.2) is 0 Å². The topological polar surface area (TPSA) is 21.3 Å². The fourth-order valence-electron chi connectivity index (χ4n) is 1.56. The van der Waals surface area contributed by atoms with Crippen LogP contribution in [0.25, 0.3) is 0 Å². The summed E-state index contributed by atoms with van der Waals surface area (Å²) >= 11 is 11.6. The smallest absolute Gasteiger partial charge is 0.142 e. The lowest BCUT2D eigenvalue weighted by Gasteiger charge is -2.12. The number of benzene rings is 1. The highest BCUT2D eigenvalue weighted by molar-refractivity contribution is 6.32. The Bertz CT molecular complexity index is 402. The zero-order valence-electron chi connectivity index (χ0n) is 9.46. The first kappa shape index (κ1) is 12.7. The zero-order chi connectivity index (χ0) is 12.1. The molecule has 1 fully saturated rings. The molecule has 0 amide bonds. The molecule has 0 aromatic heterocycles. The van der Waals surface area contributed by atoms with Gasteiger partial charge in [0.25, 0.3) is 0 Å². The molecule has 0 aliphatic heterocycles. The van der Waals surface area contributed by atoms with Gasteiger partial charge < -0.3 is 10.1 Å². The fourth-order valence-corrected chi connectivity index (χ4v) is 1.89. The van der Waals surface area contributed by atoms with E-state index in [0.717, 1.165) is 17.9 Å². The Labute approximate surface area is 112 Å². The zero-order valence-corrected chi connectivity index (χ0v) is 11.0. The summed E-state index contributed by atoms with van der Waals surface area (Å²) in [6.45, 7) is 1.23. The molecule has 1 saturated carbocycles. The van der Waals surface area contributed by atoms with Crippen molar-refractivity contribution in [3.8, 4) is 5.75 Å². The lowest BCUT2D eigenvalue weighted by atomic mass is 10.2. The summed E-state index contributed by atoms with van der Waals surface area (Å²) in [7, 11) is 0. The van der Waals surface area contributed by atoms with Gasteiger partial charge in [0.1, 0.15) is 12.4 Å². The molecular formula is C13H15Cl2NO. The largest absolute Gasteiger partial charge is 0.488 e. The average molecular weight is 272 g/mol. The Balaban J connectivity index is 2.02. The molecule has 0 spiro atoms. The van der Waals surface area contributed by atoms with Gasteiger partial charge in [-0.1, -0.05) is 35.3 Å². The fraction of sp³-hybridized carbons (Fsp3) is 0.385.